The average molecular weight is 286 g/mol. The van der Waals surface area contributed by atoms with Crippen molar-refractivity contribution >= 4 is 17.6 Å². The second-order valence-electron chi connectivity index (χ2n) is 3.34. The zero-order chi connectivity index (χ0) is 13.5. The molecule has 94 valence electrons. The van der Waals surface area contributed by atoms with Crippen molar-refractivity contribution in [1.82, 2.24) is 0 Å². The first kappa shape index (κ1) is 18.1. The largest absolute Gasteiger partial charge is 1.00 e. The number of nitrogens with zero attached hydrogens (tertiary/aromatic N) is 2. The van der Waals surface area contributed by atoms with Crippen LogP contribution in [0.15, 0.2) is 46.3 Å². The van der Waals surface area contributed by atoms with E-state index in [-0.39, 0.29) is 56.9 Å². The Balaban J connectivity index is 0.00000324. The van der Waals surface area contributed by atoms with Crippen LogP contribution in [0.5, 0.6) is 0 Å². The van der Waals surface area contributed by atoms with E-state index in [0.29, 0.717) is 11.4 Å². The summed E-state index contributed by atoms with van der Waals surface area (Å²) < 4.78 is 4.43. The molecule has 0 atom stereocenters. The fraction of sp³-hybridized carbons (Fsp3) is 0.167. The van der Waals surface area contributed by atoms with Gasteiger partial charge in [-0.3, -0.25) is 0 Å². The van der Waals surface area contributed by atoms with Crippen LogP contribution in [0.2, 0.25) is 0 Å². The van der Waals surface area contributed by atoms with Gasteiger partial charge in [0.05, 0.1) is 24.5 Å². The van der Waals surface area contributed by atoms with Crippen molar-refractivity contribution in [1.29, 1.82) is 0 Å². The molecule has 0 amide bonds. The Kier molecular flexibility index (Phi) is 8.69. The minimum Gasteiger partial charge on any atom is -0.545 e. The quantitative estimate of drug-likeness (QED) is 0.283. The Morgan fingerprint density at radius 1 is 1.26 bits per heavy atom. The maximum absolute atomic E-state index is 10.9. The number of allylic oxidation sites excluding steroid dienone is 1. The Bertz CT molecular complexity index is 509. The van der Waals surface area contributed by atoms with E-state index in [4.69, 9.17) is 0 Å². The molecule has 0 radical (unpaired) electrons. The van der Waals surface area contributed by atoms with Gasteiger partial charge in [0.15, 0.2) is 0 Å². The molecule has 0 saturated heterocycles. The van der Waals surface area contributed by atoms with Crippen molar-refractivity contribution in [3.05, 3.63) is 41.6 Å². The predicted octanol–water partition coefficient (Wildman–Crippen LogP) is -1.79. The van der Waals surface area contributed by atoms with Crippen molar-refractivity contribution < 1.29 is 70.8 Å². The monoisotopic (exact) mass is 286 g/mol. The number of aromatic carboxylic acids is 1. The van der Waals surface area contributed by atoms with Gasteiger partial charge in [0.25, 0.3) is 0 Å². The first-order chi connectivity index (χ1) is 8.52. The molecule has 1 aromatic carbocycles. The number of hydrogen-bond donors (Lipinski definition) is 0. The average Bonchev–Trinajstić information content (AvgIpc) is 2.36. The van der Waals surface area contributed by atoms with E-state index in [1.807, 2.05) is 0 Å². The molecule has 0 spiro atoms. The second-order valence-corrected chi connectivity index (χ2v) is 3.34. The number of ether oxygens (including phenoxy) is 1. The molecule has 0 bridgehead atoms. The summed E-state index contributed by atoms with van der Waals surface area (Å²) >= 11 is 0. The molecular weight excluding hydrogens is 275 g/mol. The van der Waals surface area contributed by atoms with Gasteiger partial charge in [-0.1, -0.05) is 12.1 Å². The van der Waals surface area contributed by atoms with Crippen molar-refractivity contribution in [2.24, 2.45) is 10.2 Å². The molecule has 0 fully saturated rings. The van der Waals surface area contributed by atoms with Crippen molar-refractivity contribution in [3.8, 4) is 0 Å². The summed E-state index contributed by atoms with van der Waals surface area (Å²) in [6.07, 6.45) is 1.19. The first-order valence-corrected chi connectivity index (χ1v) is 5.02. The number of benzene rings is 1. The zero-order valence-corrected chi connectivity index (χ0v) is 14.0. The van der Waals surface area contributed by atoms with Crippen LogP contribution in [-0.4, -0.2) is 19.0 Å². The van der Waals surface area contributed by atoms with Crippen LogP contribution >= 0.6 is 0 Å². The third-order valence-corrected chi connectivity index (χ3v) is 1.95. The summed E-state index contributed by atoms with van der Waals surface area (Å²) in [7, 11) is 1.27. The number of carboxylic acid groups (broad SMARTS) is 1. The molecule has 0 N–H and O–H groups in total. The number of hydrogen-bond acceptors (Lipinski definition) is 6. The van der Waals surface area contributed by atoms with Crippen LogP contribution in [0.3, 0.4) is 0 Å². The summed E-state index contributed by atoms with van der Waals surface area (Å²) in [6.45, 7) is 1.59. The van der Waals surface area contributed by atoms with Gasteiger partial charge < -0.3 is 14.6 Å². The fourth-order valence-electron chi connectivity index (χ4n) is 1.06. The molecule has 0 aliphatic carbocycles. The van der Waals surface area contributed by atoms with Gasteiger partial charge in [0.1, 0.15) is 0 Å². The van der Waals surface area contributed by atoms with Crippen molar-refractivity contribution in [2.45, 2.75) is 6.92 Å². The van der Waals surface area contributed by atoms with Crippen LogP contribution in [0.4, 0.5) is 5.69 Å². The normalized spacial score (nSPS) is 10.9. The summed E-state index contributed by atoms with van der Waals surface area (Å²) in [5.74, 6) is -1.76. The van der Waals surface area contributed by atoms with Gasteiger partial charge in [-0.25, -0.2) is 4.79 Å². The van der Waals surface area contributed by atoms with Crippen LogP contribution < -0.4 is 56.5 Å². The number of carboxylic acids is 1. The minimum atomic E-state index is -1.25. The standard InChI is InChI=1S/C12H12N2O4.K/c1-8(7-11(15)18-2)13-14-10-5-3-9(4-6-10)12(16)17;/h3-7H,1-2H3,(H,16,17);/q;+1/p-1/b8-7+,14-13?;. The SMILES string of the molecule is COC(=O)/C=C(\C)N=Nc1ccc(C(=O)[O-])cc1.[K+]. The van der Waals surface area contributed by atoms with Crippen LogP contribution in [-0.2, 0) is 9.53 Å². The van der Waals surface area contributed by atoms with Crippen molar-refractivity contribution in [3.63, 3.8) is 0 Å². The molecule has 1 rings (SSSR count). The molecule has 0 aliphatic rings. The Morgan fingerprint density at radius 2 is 1.84 bits per heavy atom. The van der Waals surface area contributed by atoms with Gasteiger partial charge in [0.2, 0.25) is 0 Å². The maximum Gasteiger partial charge on any atom is 1.00 e. The number of azo groups is 1. The van der Waals surface area contributed by atoms with E-state index in [9.17, 15) is 14.7 Å². The van der Waals surface area contributed by atoms with Gasteiger partial charge in [-0.2, -0.15) is 10.2 Å². The van der Waals surface area contributed by atoms with E-state index < -0.39 is 11.9 Å². The Morgan fingerprint density at radius 3 is 2.32 bits per heavy atom. The van der Waals surface area contributed by atoms with E-state index in [1.165, 1.54) is 37.5 Å². The number of carbonyl (C=O) groups is 2. The van der Waals surface area contributed by atoms with Crippen molar-refractivity contribution in [2.75, 3.05) is 7.11 Å². The van der Waals surface area contributed by atoms with Crippen LogP contribution in [0.25, 0.3) is 0 Å². The molecule has 0 heterocycles. The predicted molar refractivity (Wildman–Crippen MR) is 61.1 cm³/mol. The number of carbonyl (C=O) groups excluding carboxylic acids is 2. The molecule has 7 heteroatoms. The zero-order valence-electron chi connectivity index (χ0n) is 10.9. The third-order valence-electron chi connectivity index (χ3n) is 1.95. The molecule has 0 aromatic heterocycles. The summed E-state index contributed by atoms with van der Waals surface area (Å²) in [5, 5.41) is 18.1. The van der Waals surface area contributed by atoms with E-state index in [0.717, 1.165) is 0 Å². The number of rotatable bonds is 4. The molecule has 0 saturated carbocycles. The van der Waals surface area contributed by atoms with Crippen LogP contribution in [0.1, 0.15) is 17.3 Å². The molecule has 6 nitrogen and oxygen atoms in total. The molecule has 19 heavy (non-hydrogen) atoms. The van der Waals surface area contributed by atoms with E-state index >= 15 is 0 Å². The first-order valence-electron chi connectivity index (χ1n) is 5.02. The topological polar surface area (TPSA) is 91.2 Å². The van der Waals surface area contributed by atoms with Crippen LogP contribution in [0, 0.1) is 0 Å². The Hall–Kier alpha value is -0.864. The third kappa shape index (κ3) is 6.74. The molecule has 0 aliphatic heterocycles. The van der Waals surface area contributed by atoms with Gasteiger partial charge >= 0.3 is 57.4 Å². The van der Waals surface area contributed by atoms with Gasteiger partial charge in [0, 0.05) is 6.08 Å². The summed E-state index contributed by atoms with van der Waals surface area (Å²) in [6, 6.07) is 5.70. The summed E-state index contributed by atoms with van der Waals surface area (Å²) in [4.78, 5) is 21.4. The fourth-order valence-corrected chi connectivity index (χ4v) is 1.06. The summed E-state index contributed by atoms with van der Waals surface area (Å²) in [5.41, 5.74) is 0.916. The number of esters is 1. The van der Waals surface area contributed by atoms with Gasteiger partial charge in [-0.15, -0.1) is 0 Å². The van der Waals surface area contributed by atoms with Gasteiger partial charge in [-0.05, 0) is 24.6 Å². The Labute approximate surface area is 153 Å². The van der Waals surface area contributed by atoms with E-state index in [1.54, 1.807) is 6.92 Å². The molecule has 0 unspecified atom stereocenters. The maximum atomic E-state index is 10.9. The minimum absolute atomic E-state index is 0. The van der Waals surface area contributed by atoms with E-state index in [2.05, 4.69) is 15.0 Å². The number of methoxy groups -OCH3 is 1. The molecular formula is C12H11KN2O4. The second kappa shape index (κ2) is 9.11. The smallest absolute Gasteiger partial charge is 0.545 e. The molecule has 1 aromatic rings.